The average Bonchev–Trinajstić information content (AvgIpc) is 3.07. The predicted molar refractivity (Wildman–Crippen MR) is 104 cm³/mol. The number of nitrogens with two attached hydrogens (primary N) is 1. The van der Waals surface area contributed by atoms with Gasteiger partial charge < -0.3 is 15.8 Å². The van der Waals surface area contributed by atoms with Crippen LogP contribution in [-0.2, 0) is 23.9 Å². The molecule has 0 saturated carbocycles. The summed E-state index contributed by atoms with van der Waals surface area (Å²) in [5.74, 6) is 1.27. The van der Waals surface area contributed by atoms with Crippen LogP contribution in [-0.4, -0.2) is 36.1 Å². The number of carbonyl (C=O) groups excluding carboxylic acids is 5. The van der Waals surface area contributed by atoms with Crippen molar-refractivity contribution in [2.45, 2.75) is 65.1 Å². The van der Waals surface area contributed by atoms with Crippen LogP contribution >= 0.6 is 12.4 Å². The van der Waals surface area contributed by atoms with Gasteiger partial charge in [0.05, 0.1) is 6.04 Å². The summed E-state index contributed by atoms with van der Waals surface area (Å²) in [5, 5.41) is 2.82. The molecular formula is C19H31ClN2O6. The van der Waals surface area contributed by atoms with Crippen LogP contribution in [0.4, 0.5) is 4.79 Å². The Morgan fingerprint density at radius 1 is 0.964 bits per heavy atom. The summed E-state index contributed by atoms with van der Waals surface area (Å²) in [6.45, 7) is 9.90. The van der Waals surface area contributed by atoms with Gasteiger partial charge in [0.15, 0.2) is 0 Å². The van der Waals surface area contributed by atoms with E-state index in [-0.39, 0.29) is 36.8 Å². The zero-order chi connectivity index (χ0) is 21.5. The number of rotatable bonds is 1. The molecule has 2 rings (SSSR count). The maximum atomic E-state index is 11.4. The topological polar surface area (TPSA) is 133 Å². The molecule has 0 heterocycles. The highest BCUT2D eigenvalue weighted by Crippen LogP contribution is 2.17. The lowest BCUT2D eigenvalue weighted by atomic mass is 10.1. The Labute approximate surface area is 172 Å². The third-order valence-electron chi connectivity index (χ3n) is 3.33. The Morgan fingerprint density at radius 3 is 1.64 bits per heavy atom. The van der Waals surface area contributed by atoms with Gasteiger partial charge in [-0.05, 0) is 45.4 Å². The fourth-order valence-corrected chi connectivity index (χ4v) is 2.37. The van der Waals surface area contributed by atoms with E-state index in [2.05, 4.69) is 37.4 Å². The third-order valence-corrected chi connectivity index (χ3v) is 3.33. The van der Waals surface area contributed by atoms with Gasteiger partial charge in [-0.2, -0.15) is 19.2 Å². The van der Waals surface area contributed by atoms with Gasteiger partial charge in [0.25, 0.3) is 0 Å². The second-order valence-corrected chi connectivity index (χ2v) is 7.28. The molecule has 3 N–H and O–H groups in total. The molecule has 0 aromatic rings. The zero-order valence-electron chi connectivity index (χ0n) is 17.0. The predicted octanol–water partition coefficient (Wildman–Crippen LogP) is 2.64. The van der Waals surface area contributed by atoms with Gasteiger partial charge in [0, 0.05) is 6.04 Å². The summed E-state index contributed by atoms with van der Waals surface area (Å²) in [6, 6.07) is 0.481. The summed E-state index contributed by atoms with van der Waals surface area (Å²) < 4.78 is 5.15. The summed E-state index contributed by atoms with van der Waals surface area (Å²) in [5.41, 5.74) is 5.12. The van der Waals surface area contributed by atoms with Crippen molar-refractivity contribution < 1.29 is 28.7 Å². The van der Waals surface area contributed by atoms with E-state index in [0.29, 0.717) is 12.0 Å². The molecule has 9 heteroatoms. The lowest BCUT2D eigenvalue weighted by Gasteiger charge is -2.21. The van der Waals surface area contributed by atoms with Crippen LogP contribution in [0, 0.1) is 11.8 Å². The SMILES string of the molecule is C[C@@H]1C=C[C@H](N)C1.C[C@@H]1C=C[C@H](NC(=O)OC(C)(C)C)C1.Cl.O=C=O.O=C=O. The molecule has 0 fully saturated rings. The minimum Gasteiger partial charge on any atom is -0.444 e. The Hall–Kier alpha value is -2.24. The highest BCUT2D eigenvalue weighted by atomic mass is 35.5. The first kappa shape index (κ1) is 30.5. The number of hydrogen-bond acceptors (Lipinski definition) is 7. The largest absolute Gasteiger partial charge is 0.444 e. The second-order valence-electron chi connectivity index (χ2n) is 7.28. The minimum atomic E-state index is -0.419. The van der Waals surface area contributed by atoms with E-state index >= 15 is 0 Å². The van der Waals surface area contributed by atoms with E-state index in [1.165, 1.54) is 0 Å². The molecule has 4 atom stereocenters. The Morgan fingerprint density at radius 2 is 1.39 bits per heavy atom. The van der Waals surface area contributed by atoms with E-state index in [4.69, 9.17) is 29.6 Å². The van der Waals surface area contributed by atoms with E-state index in [1.807, 2.05) is 26.8 Å². The second kappa shape index (κ2) is 16.9. The van der Waals surface area contributed by atoms with Crippen LogP contribution in [0.2, 0.25) is 0 Å². The Bertz CT molecular complexity index is 537. The normalized spacial score (nSPS) is 23.6. The van der Waals surface area contributed by atoms with Gasteiger partial charge in [0.2, 0.25) is 0 Å². The van der Waals surface area contributed by atoms with Crippen LogP contribution in [0.15, 0.2) is 24.3 Å². The lowest BCUT2D eigenvalue weighted by Crippen LogP contribution is -2.37. The van der Waals surface area contributed by atoms with E-state index in [1.54, 1.807) is 0 Å². The molecule has 0 unspecified atom stereocenters. The molecular weight excluding hydrogens is 388 g/mol. The number of amides is 1. The van der Waals surface area contributed by atoms with Crippen molar-refractivity contribution in [3.8, 4) is 0 Å². The first-order valence-corrected chi connectivity index (χ1v) is 8.59. The van der Waals surface area contributed by atoms with Crippen molar-refractivity contribution in [3.63, 3.8) is 0 Å². The highest BCUT2D eigenvalue weighted by molar-refractivity contribution is 5.85. The summed E-state index contributed by atoms with van der Waals surface area (Å²) in [4.78, 5) is 43.9. The molecule has 0 aromatic carbocycles. The van der Waals surface area contributed by atoms with Crippen molar-refractivity contribution >= 4 is 30.8 Å². The number of carbonyl (C=O) groups is 1. The number of ether oxygens (including phenoxy) is 1. The van der Waals surface area contributed by atoms with Gasteiger partial charge in [-0.15, -0.1) is 12.4 Å². The van der Waals surface area contributed by atoms with Gasteiger partial charge in [-0.25, -0.2) is 4.79 Å². The molecule has 1 amide bonds. The number of hydrogen-bond donors (Lipinski definition) is 2. The molecule has 0 spiro atoms. The van der Waals surface area contributed by atoms with Crippen LogP contribution in [0.1, 0.15) is 47.5 Å². The molecule has 160 valence electrons. The molecule has 28 heavy (non-hydrogen) atoms. The van der Waals surface area contributed by atoms with Gasteiger partial charge in [-0.1, -0.05) is 38.2 Å². The molecule has 0 aromatic heterocycles. The third kappa shape index (κ3) is 20.1. The van der Waals surface area contributed by atoms with Gasteiger partial charge in [0.1, 0.15) is 5.60 Å². The summed E-state index contributed by atoms with van der Waals surface area (Å²) in [6.07, 6.45) is 10.7. The minimum absolute atomic E-state index is 0. The maximum Gasteiger partial charge on any atom is 0.408 e. The fraction of sp³-hybridized carbons (Fsp3) is 0.632. The summed E-state index contributed by atoms with van der Waals surface area (Å²) >= 11 is 0. The van der Waals surface area contributed by atoms with Crippen molar-refractivity contribution in [2.75, 3.05) is 0 Å². The molecule has 2 aliphatic rings. The quantitative estimate of drug-likeness (QED) is 0.625. The Balaban J connectivity index is -0.000000373. The van der Waals surface area contributed by atoms with Crippen LogP contribution in [0.25, 0.3) is 0 Å². The van der Waals surface area contributed by atoms with E-state index < -0.39 is 5.60 Å². The van der Waals surface area contributed by atoms with Crippen molar-refractivity contribution in [1.29, 1.82) is 0 Å². The van der Waals surface area contributed by atoms with Crippen molar-refractivity contribution in [3.05, 3.63) is 24.3 Å². The number of alkyl carbamates (subject to hydrolysis) is 1. The first-order chi connectivity index (χ1) is 12.5. The lowest BCUT2D eigenvalue weighted by molar-refractivity contribution is -0.193. The summed E-state index contributed by atoms with van der Waals surface area (Å²) in [7, 11) is 0. The van der Waals surface area contributed by atoms with E-state index in [0.717, 1.165) is 18.8 Å². The van der Waals surface area contributed by atoms with Gasteiger partial charge in [-0.3, -0.25) is 0 Å². The van der Waals surface area contributed by atoms with Crippen LogP contribution in [0.5, 0.6) is 0 Å². The van der Waals surface area contributed by atoms with E-state index in [9.17, 15) is 4.79 Å². The molecule has 0 aliphatic heterocycles. The monoisotopic (exact) mass is 418 g/mol. The molecule has 0 radical (unpaired) electrons. The fourth-order valence-electron chi connectivity index (χ4n) is 2.37. The number of nitrogens with one attached hydrogen (secondary N) is 1. The van der Waals surface area contributed by atoms with Crippen LogP contribution < -0.4 is 11.1 Å². The molecule has 2 aliphatic carbocycles. The molecule has 0 saturated heterocycles. The van der Waals surface area contributed by atoms with Crippen LogP contribution in [0.3, 0.4) is 0 Å². The first-order valence-electron chi connectivity index (χ1n) is 8.59. The number of allylic oxidation sites excluding steroid dienone is 2. The smallest absolute Gasteiger partial charge is 0.408 e. The molecule has 8 nitrogen and oxygen atoms in total. The van der Waals surface area contributed by atoms with Gasteiger partial charge >= 0.3 is 18.4 Å². The maximum absolute atomic E-state index is 11.4. The molecule has 0 bridgehead atoms. The van der Waals surface area contributed by atoms with Crippen molar-refractivity contribution in [1.82, 2.24) is 5.32 Å². The number of halogens is 1. The standard InChI is InChI=1S/C11H19NO2.C6H11N.2CO2.ClH/c1-8-5-6-9(7-8)12-10(13)14-11(2,3)4;1-5-2-3-6(7)4-5;2*2-1-3;/h5-6,8-9H,7H2,1-4H3,(H,12,13);2-3,5-6H,4,7H2,1H3;;;1H/t8-,9+;5-,6+;;;/m11.../s1. The highest BCUT2D eigenvalue weighted by Gasteiger charge is 2.21. The van der Waals surface area contributed by atoms with Crippen molar-refractivity contribution in [2.24, 2.45) is 17.6 Å². The average molecular weight is 419 g/mol. The zero-order valence-corrected chi connectivity index (χ0v) is 17.8. The Kier molecular flexibility index (Phi) is 18.4.